The Bertz CT molecular complexity index is 1620. The summed E-state index contributed by atoms with van der Waals surface area (Å²) in [5.74, 6) is -3.27. The molecule has 3 aliphatic carbocycles. The molecule has 0 amide bonds. The lowest BCUT2D eigenvalue weighted by Crippen LogP contribution is -2.70. The first-order valence-corrected chi connectivity index (χ1v) is 14.9. The molecular weight excluding hydrogens is 528 g/mol. The highest BCUT2D eigenvalue weighted by molar-refractivity contribution is 6.33. The number of allylic oxidation sites excluding steroid dienone is 1. The molecule has 2 aromatic carbocycles. The van der Waals surface area contributed by atoms with Crippen molar-refractivity contribution >= 4 is 23.1 Å². The molecule has 5 rings (SSSR count). The van der Waals surface area contributed by atoms with E-state index in [9.17, 15) is 29.7 Å². The van der Waals surface area contributed by atoms with E-state index in [1.165, 1.54) is 6.92 Å². The third-order valence-electron chi connectivity index (χ3n) is 10.3. The van der Waals surface area contributed by atoms with Crippen LogP contribution in [-0.2, 0) is 20.8 Å². The Morgan fingerprint density at radius 3 is 2.10 bits per heavy atom. The van der Waals surface area contributed by atoms with E-state index >= 15 is 0 Å². The topological polar surface area (TPSA) is 112 Å². The highest BCUT2D eigenvalue weighted by Gasteiger charge is 2.72. The van der Waals surface area contributed by atoms with Gasteiger partial charge in [0.2, 0.25) is 11.6 Å². The van der Waals surface area contributed by atoms with Crippen LogP contribution in [0.4, 0.5) is 0 Å². The van der Waals surface area contributed by atoms with Crippen LogP contribution in [0.1, 0.15) is 90.0 Å². The van der Waals surface area contributed by atoms with E-state index < -0.39 is 45.5 Å². The third kappa shape index (κ3) is 3.76. The summed E-state index contributed by atoms with van der Waals surface area (Å²) < 4.78 is 0. The number of fused-ring (bicyclic) bond motifs is 3. The van der Waals surface area contributed by atoms with Crippen molar-refractivity contribution in [3.63, 3.8) is 0 Å². The lowest BCUT2D eigenvalue weighted by Gasteiger charge is -2.60. The molecule has 4 atom stereocenters. The highest BCUT2D eigenvalue weighted by Crippen LogP contribution is 2.65. The first-order valence-electron chi connectivity index (χ1n) is 14.9. The van der Waals surface area contributed by atoms with Gasteiger partial charge in [-0.2, -0.15) is 0 Å². The van der Waals surface area contributed by atoms with Crippen molar-refractivity contribution in [3.05, 3.63) is 69.3 Å². The van der Waals surface area contributed by atoms with Crippen LogP contribution in [0.25, 0.3) is 16.9 Å². The van der Waals surface area contributed by atoms with Crippen LogP contribution in [-0.4, -0.2) is 38.3 Å². The molecule has 0 radical (unpaired) electrons. The van der Waals surface area contributed by atoms with Crippen LogP contribution < -0.4 is 0 Å². The van der Waals surface area contributed by atoms with Crippen molar-refractivity contribution in [1.29, 1.82) is 0 Å². The Morgan fingerprint density at radius 1 is 0.976 bits per heavy atom. The predicted molar refractivity (Wildman–Crippen MR) is 163 cm³/mol. The summed E-state index contributed by atoms with van der Waals surface area (Å²) in [7, 11) is 0. The molecule has 2 aromatic rings. The molecule has 0 saturated heterocycles. The maximum atomic E-state index is 14.6. The van der Waals surface area contributed by atoms with E-state index in [2.05, 4.69) is 13.8 Å². The van der Waals surface area contributed by atoms with E-state index in [1.54, 1.807) is 13.8 Å². The van der Waals surface area contributed by atoms with Crippen molar-refractivity contribution in [2.24, 2.45) is 22.7 Å². The maximum absolute atomic E-state index is 14.6. The molecule has 0 unspecified atom stereocenters. The van der Waals surface area contributed by atoms with Crippen LogP contribution in [0.5, 0.6) is 5.75 Å². The summed E-state index contributed by atoms with van der Waals surface area (Å²) in [6, 6.07) is 9.68. The zero-order chi connectivity index (χ0) is 31.3. The summed E-state index contributed by atoms with van der Waals surface area (Å²) in [5, 5.41) is 36.0. The standard InChI is InChI=1S/C36H42O6/c1-17(2)23-14-24(22-12-10-19(5)11-13-22)30(38)27-25(23)15-34(8)16-35(9)28(18(3)4)20(6)26(21(7)37)32(40)36(35,42)33(41)29(34)31(27)39/h10-14,17-18,28,38-39,42H,15-16H2,1-9H3/t28-,34+,35+,36-/m1/s1. The number of carbonyl (C=O) groups is 3. The number of aliphatic hydroxyl groups excluding tert-OH is 1. The number of phenols is 1. The molecule has 0 heterocycles. The molecule has 0 bridgehead atoms. The Morgan fingerprint density at radius 2 is 1.57 bits per heavy atom. The van der Waals surface area contributed by atoms with E-state index in [0.29, 0.717) is 17.6 Å². The minimum Gasteiger partial charge on any atom is -0.507 e. The normalized spacial score (nSPS) is 29.2. The van der Waals surface area contributed by atoms with Crippen LogP contribution in [0.2, 0.25) is 0 Å². The van der Waals surface area contributed by atoms with Crippen molar-refractivity contribution < 1.29 is 29.7 Å². The summed E-state index contributed by atoms with van der Waals surface area (Å²) in [6.45, 7) is 16.8. The van der Waals surface area contributed by atoms with E-state index in [-0.39, 0.29) is 40.7 Å². The monoisotopic (exact) mass is 570 g/mol. The van der Waals surface area contributed by atoms with Gasteiger partial charge >= 0.3 is 0 Å². The summed E-state index contributed by atoms with van der Waals surface area (Å²) >= 11 is 0. The predicted octanol–water partition coefficient (Wildman–Crippen LogP) is 6.79. The van der Waals surface area contributed by atoms with Gasteiger partial charge in [0, 0.05) is 22.0 Å². The number of aromatic hydroxyl groups is 1. The maximum Gasteiger partial charge on any atom is 0.206 e. The fourth-order valence-corrected chi connectivity index (χ4v) is 8.81. The molecule has 6 heteroatoms. The van der Waals surface area contributed by atoms with E-state index in [0.717, 1.165) is 22.3 Å². The largest absolute Gasteiger partial charge is 0.507 e. The molecule has 0 spiro atoms. The van der Waals surface area contributed by atoms with Gasteiger partial charge < -0.3 is 15.3 Å². The van der Waals surface area contributed by atoms with Gasteiger partial charge in [0.1, 0.15) is 11.5 Å². The number of phenolic OH excluding ortho intramolecular Hbond substituents is 1. The summed E-state index contributed by atoms with van der Waals surface area (Å²) in [4.78, 5) is 41.4. The molecule has 222 valence electrons. The number of hydrogen-bond donors (Lipinski definition) is 3. The zero-order valence-electron chi connectivity index (χ0n) is 26.1. The van der Waals surface area contributed by atoms with Crippen molar-refractivity contribution in [2.75, 3.05) is 0 Å². The smallest absolute Gasteiger partial charge is 0.206 e. The fourth-order valence-electron chi connectivity index (χ4n) is 8.81. The van der Waals surface area contributed by atoms with Crippen LogP contribution in [0.15, 0.2) is 47.1 Å². The molecule has 3 N–H and O–H groups in total. The van der Waals surface area contributed by atoms with Gasteiger partial charge in [-0.25, -0.2) is 0 Å². The molecule has 1 fully saturated rings. The van der Waals surface area contributed by atoms with Crippen LogP contribution in [0, 0.1) is 29.6 Å². The second kappa shape index (κ2) is 9.50. The molecule has 6 nitrogen and oxygen atoms in total. The van der Waals surface area contributed by atoms with Gasteiger partial charge in [0.05, 0.1) is 11.1 Å². The highest BCUT2D eigenvalue weighted by atomic mass is 16.3. The molecule has 3 aliphatic rings. The SMILES string of the molecule is CC(=O)C1=C(C)[C@@H](C(C)C)[C@]2(C)C[C@]3(C)Cc4c(C(C)C)cc(-c5ccc(C)cc5)c(O)c4C(O)=C3C(=O)[C@]2(O)C1=O. The molecular formula is C36H42O6. The van der Waals surface area contributed by atoms with Gasteiger partial charge in [-0.3, -0.25) is 14.4 Å². The summed E-state index contributed by atoms with van der Waals surface area (Å²) in [6.07, 6.45) is 0.575. The lowest BCUT2D eigenvalue weighted by molar-refractivity contribution is -0.180. The van der Waals surface area contributed by atoms with E-state index in [1.807, 2.05) is 58.0 Å². The zero-order valence-corrected chi connectivity index (χ0v) is 26.1. The molecule has 0 aliphatic heterocycles. The number of hydrogen-bond acceptors (Lipinski definition) is 6. The quantitative estimate of drug-likeness (QED) is 0.276. The Hall–Kier alpha value is -3.51. The molecule has 0 aromatic heterocycles. The number of ketones is 3. The lowest BCUT2D eigenvalue weighted by atomic mass is 9.42. The first-order chi connectivity index (χ1) is 19.4. The number of rotatable bonds is 4. The van der Waals surface area contributed by atoms with Gasteiger partial charge in [-0.1, -0.05) is 76.9 Å². The third-order valence-corrected chi connectivity index (χ3v) is 10.3. The molecule has 42 heavy (non-hydrogen) atoms. The van der Waals surface area contributed by atoms with Gasteiger partial charge in [0.15, 0.2) is 11.4 Å². The summed E-state index contributed by atoms with van der Waals surface area (Å²) in [5.41, 5.74) is -0.0155. The molecule has 1 saturated carbocycles. The first kappa shape index (κ1) is 30.0. The number of carbonyl (C=O) groups excluding carboxylic acids is 3. The number of benzene rings is 2. The second-order valence-corrected chi connectivity index (χ2v) is 14.0. The van der Waals surface area contributed by atoms with Crippen LogP contribution in [0.3, 0.4) is 0 Å². The Kier molecular flexibility index (Phi) is 6.78. The van der Waals surface area contributed by atoms with Crippen molar-refractivity contribution in [1.82, 2.24) is 0 Å². The Balaban J connectivity index is 1.83. The number of aryl methyl sites for hydroxylation is 1. The second-order valence-electron chi connectivity index (χ2n) is 14.0. The fraction of sp³-hybridized carbons (Fsp3) is 0.472. The average Bonchev–Trinajstić information content (AvgIpc) is 2.86. The Labute approximate surface area is 248 Å². The minimum absolute atomic E-state index is 0.0521. The van der Waals surface area contributed by atoms with Gasteiger partial charge in [-0.05, 0) is 74.1 Å². The van der Waals surface area contributed by atoms with Crippen molar-refractivity contribution in [3.8, 4) is 16.9 Å². The number of Topliss-reactive ketones (excluding diaryl/α,β-unsaturated/α-hetero) is 3. The van der Waals surface area contributed by atoms with E-state index in [4.69, 9.17) is 0 Å². The average molecular weight is 571 g/mol. The van der Waals surface area contributed by atoms with Gasteiger partial charge in [0.25, 0.3) is 0 Å². The minimum atomic E-state index is -2.53. The van der Waals surface area contributed by atoms with Crippen LogP contribution >= 0.6 is 0 Å². The van der Waals surface area contributed by atoms with Crippen molar-refractivity contribution in [2.45, 2.75) is 86.7 Å². The number of aliphatic hydroxyl groups is 2. The van der Waals surface area contributed by atoms with Gasteiger partial charge in [-0.15, -0.1) is 0 Å².